The van der Waals surface area contributed by atoms with Crippen LogP contribution >= 0.6 is 47.0 Å². The molecule has 2 fully saturated rings. The molecule has 2 aliphatic rings. The maximum atomic E-state index is 12.6. The van der Waals surface area contributed by atoms with Gasteiger partial charge in [0.1, 0.15) is 47.1 Å². The van der Waals surface area contributed by atoms with Crippen LogP contribution in [-0.2, 0) is 47.7 Å². The molecule has 14 nitrogen and oxygen atoms in total. The van der Waals surface area contributed by atoms with Gasteiger partial charge in [0.05, 0.1) is 12.8 Å². The van der Waals surface area contributed by atoms with Gasteiger partial charge in [-0.15, -0.1) is 47.0 Å². The number of carboxylic acids is 2. The van der Waals surface area contributed by atoms with Crippen LogP contribution in [0.4, 0.5) is 0 Å². The lowest BCUT2D eigenvalue weighted by Crippen LogP contribution is -2.33. The average Bonchev–Trinajstić information content (AvgIpc) is 3.20. The average molecular weight is 851 g/mol. The molecular formula is C38H42O14S4. The normalized spacial score (nSPS) is 15.6. The van der Waals surface area contributed by atoms with Gasteiger partial charge in [0.25, 0.3) is 0 Å². The van der Waals surface area contributed by atoms with Crippen LogP contribution in [-0.4, -0.2) is 117 Å². The first-order chi connectivity index (χ1) is 26.9. The maximum Gasteiger partial charge on any atom is 0.334 e. The highest BCUT2D eigenvalue weighted by atomic mass is 32.2. The second-order valence-corrected chi connectivity index (χ2v) is 17.6. The number of thioether (sulfide) groups is 4. The third-order valence-electron chi connectivity index (χ3n) is 7.63. The summed E-state index contributed by atoms with van der Waals surface area (Å²) in [6, 6.07) is 14.0. The fourth-order valence-corrected chi connectivity index (χ4v) is 10.0. The summed E-state index contributed by atoms with van der Waals surface area (Å²) < 4.78 is 32.6. The highest BCUT2D eigenvalue weighted by Gasteiger charge is 2.28. The number of esters is 4. The first kappa shape index (κ1) is 44.5. The Morgan fingerprint density at radius 2 is 0.911 bits per heavy atom. The van der Waals surface area contributed by atoms with E-state index < -0.39 is 60.9 Å². The molecule has 18 heteroatoms. The van der Waals surface area contributed by atoms with Crippen molar-refractivity contribution in [2.45, 2.75) is 47.1 Å². The van der Waals surface area contributed by atoms with E-state index in [1.807, 2.05) is 0 Å². The summed E-state index contributed by atoms with van der Waals surface area (Å²) in [5, 5.41) is 18.0. The maximum absolute atomic E-state index is 12.6. The van der Waals surface area contributed by atoms with Crippen molar-refractivity contribution in [1.29, 1.82) is 0 Å². The van der Waals surface area contributed by atoms with Crippen LogP contribution in [0.2, 0.25) is 0 Å². The number of hydrogen-bond donors (Lipinski definition) is 2. The van der Waals surface area contributed by atoms with Gasteiger partial charge in [-0.05, 0) is 71.2 Å². The van der Waals surface area contributed by atoms with Crippen molar-refractivity contribution in [2.75, 3.05) is 49.4 Å². The summed E-state index contributed by atoms with van der Waals surface area (Å²) >= 11 is 5.94. The Kier molecular flexibility index (Phi) is 18.3. The van der Waals surface area contributed by atoms with Gasteiger partial charge >= 0.3 is 35.8 Å². The molecule has 0 amide bonds. The number of carbonyl (C=O) groups excluding carboxylic acids is 4. The Labute approximate surface area is 340 Å². The summed E-state index contributed by atoms with van der Waals surface area (Å²) in [6.07, 6.45) is -1.28. The summed E-state index contributed by atoms with van der Waals surface area (Å²) in [4.78, 5) is 72.2. The summed E-state index contributed by atoms with van der Waals surface area (Å²) in [7, 11) is 0. The van der Waals surface area contributed by atoms with E-state index in [1.165, 1.54) is 47.0 Å². The van der Waals surface area contributed by atoms with E-state index in [1.54, 1.807) is 48.5 Å². The lowest BCUT2D eigenvalue weighted by molar-refractivity contribution is -0.157. The molecule has 2 heterocycles. The molecule has 0 spiro atoms. The fourth-order valence-electron chi connectivity index (χ4n) is 4.81. The minimum atomic E-state index is -1.24. The van der Waals surface area contributed by atoms with Gasteiger partial charge in [0.2, 0.25) is 0 Å². The first-order valence-corrected chi connectivity index (χ1v) is 21.5. The van der Waals surface area contributed by atoms with E-state index in [-0.39, 0.29) is 46.7 Å². The van der Waals surface area contributed by atoms with Gasteiger partial charge in [-0.3, -0.25) is 9.59 Å². The molecule has 2 saturated heterocycles. The van der Waals surface area contributed by atoms with Crippen LogP contribution in [0.5, 0.6) is 11.5 Å². The Balaban J connectivity index is 1.32. The van der Waals surface area contributed by atoms with Crippen LogP contribution < -0.4 is 9.47 Å². The van der Waals surface area contributed by atoms with Crippen molar-refractivity contribution in [1.82, 2.24) is 0 Å². The van der Waals surface area contributed by atoms with E-state index in [0.717, 1.165) is 47.0 Å². The monoisotopic (exact) mass is 850 g/mol. The third-order valence-corrected chi connectivity index (χ3v) is 13.3. The van der Waals surface area contributed by atoms with E-state index in [0.29, 0.717) is 11.5 Å². The van der Waals surface area contributed by atoms with Gasteiger partial charge in [0.15, 0.2) is 12.2 Å². The number of rotatable bonds is 21. The Bertz CT molecular complexity index is 1580. The van der Waals surface area contributed by atoms with Crippen molar-refractivity contribution < 1.29 is 67.4 Å². The molecule has 4 rings (SSSR count). The van der Waals surface area contributed by atoms with Crippen LogP contribution in [0.1, 0.15) is 25.7 Å². The number of hydrogen-bond acceptors (Lipinski definition) is 16. The number of aliphatic carboxylic acids is 2. The Morgan fingerprint density at radius 1 is 0.571 bits per heavy atom. The smallest absolute Gasteiger partial charge is 0.334 e. The molecule has 2 unspecified atom stereocenters. The van der Waals surface area contributed by atoms with E-state index in [2.05, 4.69) is 13.2 Å². The molecule has 0 aliphatic carbocycles. The molecule has 2 atom stereocenters. The molecular weight excluding hydrogens is 809 g/mol. The first-order valence-electron chi connectivity index (χ1n) is 17.3. The van der Waals surface area contributed by atoms with Crippen LogP contribution in [0.15, 0.2) is 72.8 Å². The molecule has 2 aromatic carbocycles. The molecule has 56 heavy (non-hydrogen) atoms. The van der Waals surface area contributed by atoms with E-state index >= 15 is 0 Å². The topological polar surface area (TPSA) is 198 Å². The van der Waals surface area contributed by atoms with Gasteiger partial charge < -0.3 is 38.6 Å². The van der Waals surface area contributed by atoms with E-state index in [4.69, 9.17) is 38.6 Å². The lowest BCUT2D eigenvalue weighted by atomic mass is 10.1. The standard InChI is InChI=1S/C38H42O14S4/c1-23(17-31(39)40)33(43)51-29(21-49-35(45)37-53-13-3-14-54-37)19-47-27-9-5-25(6-10-27)26-7-11-28(12-8-26)48-20-30(52-34(44)24(2)18-32(41)42)22-50-36(46)38-55-15-4-16-56-38/h5-12,29-30,37-38H,1-4,13-22H2,(H,39,40)(H,41,42). The van der Waals surface area contributed by atoms with Gasteiger partial charge in [-0.1, -0.05) is 37.4 Å². The number of carbonyl (C=O) groups is 6. The fraction of sp³-hybridized carbons (Fsp3) is 0.421. The SMILES string of the molecule is C=C(CC(=O)O)C(=O)OC(COC(=O)C1SCCCS1)COc1ccc(-c2ccc(OCC(COC(=O)C3SCCCS3)OC(=O)C(=C)CC(=O)O)cc2)cc1. The number of ether oxygens (including phenoxy) is 6. The Morgan fingerprint density at radius 3 is 1.23 bits per heavy atom. The van der Waals surface area contributed by atoms with E-state index in [9.17, 15) is 28.8 Å². The predicted molar refractivity (Wildman–Crippen MR) is 214 cm³/mol. The second kappa shape index (κ2) is 23.1. The third kappa shape index (κ3) is 15.3. The predicted octanol–water partition coefficient (Wildman–Crippen LogP) is 5.48. The quantitative estimate of drug-likeness (QED) is 0.0909. The summed E-state index contributed by atoms with van der Waals surface area (Å²) in [5.41, 5.74) is 1.12. The van der Waals surface area contributed by atoms with Crippen molar-refractivity contribution in [3.8, 4) is 22.6 Å². The Hall–Kier alpha value is -4.26. The minimum Gasteiger partial charge on any atom is -0.490 e. The number of carboxylic acid groups (broad SMARTS) is 2. The molecule has 2 aromatic rings. The van der Waals surface area contributed by atoms with Crippen LogP contribution in [0, 0.1) is 0 Å². The molecule has 0 bridgehead atoms. The molecule has 0 aromatic heterocycles. The molecule has 0 radical (unpaired) electrons. The minimum absolute atomic E-state index is 0.183. The van der Waals surface area contributed by atoms with Gasteiger partial charge in [0, 0.05) is 11.1 Å². The van der Waals surface area contributed by atoms with Crippen molar-refractivity contribution in [3.05, 3.63) is 72.8 Å². The zero-order chi connectivity index (χ0) is 40.5. The van der Waals surface area contributed by atoms with Crippen LogP contribution in [0.3, 0.4) is 0 Å². The van der Waals surface area contributed by atoms with Crippen molar-refractivity contribution in [2.24, 2.45) is 0 Å². The summed E-state index contributed by atoms with van der Waals surface area (Å²) in [6.45, 7) is 6.00. The molecule has 0 saturated carbocycles. The zero-order valence-corrected chi connectivity index (χ0v) is 33.5. The summed E-state index contributed by atoms with van der Waals surface area (Å²) in [5.74, 6) is -1.02. The van der Waals surface area contributed by atoms with Gasteiger partial charge in [-0.25, -0.2) is 19.2 Å². The molecule has 2 aliphatic heterocycles. The second-order valence-electron chi connectivity index (χ2n) is 12.2. The molecule has 302 valence electrons. The lowest BCUT2D eigenvalue weighted by Gasteiger charge is -2.22. The highest BCUT2D eigenvalue weighted by Crippen LogP contribution is 2.32. The molecule has 2 N–H and O–H groups in total. The van der Waals surface area contributed by atoms with Crippen molar-refractivity contribution >= 4 is 82.9 Å². The number of benzene rings is 2. The van der Waals surface area contributed by atoms with Crippen LogP contribution in [0.25, 0.3) is 11.1 Å². The van der Waals surface area contributed by atoms with Gasteiger partial charge in [-0.2, -0.15) is 0 Å². The zero-order valence-electron chi connectivity index (χ0n) is 30.3. The largest absolute Gasteiger partial charge is 0.490 e. The highest BCUT2D eigenvalue weighted by molar-refractivity contribution is 8.19. The van der Waals surface area contributed by atoms with Crippen molar-refractivity contribution in [3.63, 3.8) is 0 Å².